The Balaban J connectivity index is 1.18. The van der Waals surface area contributed by atoms with Crippen LogP contribution in [0.25, 0.3) is 86.6 Å². The lowest BCUT2D eigenvalue weighted by Crippen LogP contribution is -2.10. The fourth-order valence-corrected chi connectivity index (χ4v) is 8.39. The van der Waals surface area contributed by atoms with Crippen LogP contribution in [-0.4, -0.2) is 4.98 Å². The maximum absolute atomic E-state index is 6.82. The summed E-state index contributed by atoms with van der Waals surface area (Å²) in [6, 6.07) is 50.1. The molecular formula is C43H24N2O3S. The van der Waals surface area contributed by atoms with E-state index in [1.54, 1.807) is 11.3 Å². The molecule has 11 aromatic rings. The van der Waals surface area contributed by atoms with Gasteiger partial charge in [0.05, 0.1) is 15.9 Å². The average molecular weight is 649 g/mol. The molecule has 4 heterocycles. The first-order valence-corrected chi connectivity index (χ1v) is 17.0. The van der Waals surface area contributed by atoms with Gasteiger partial charge in [0.2, 0.25) is 0 Å². The third-order valence-electron chi connectivity index (χ3n) is 9.49. The average Bonchev–Trinajstić information content (AvgIpc) is 3.93. The summed E-state index contributed by atoms with van der Waals surface area (Å²) in [5, 5.41) is 7.42. The Morgan fingerprint density at radius 2 is 1.06 bits per heavy atom. The van der Waals surface area contributed by atoms with Gasteiger partial charge >= 0.3 is 0 Å². The van der Waals surface area contributed by atoms with Crippen LogP contribution in [0.4, 0.5) is 17.1 Å². The minimum Gasteiger partial charge on any atom is -0.456 e. The van der Waals surface area contributed by atoms with E-state index in [4.69, 9.17) is 18.2 Å². The molecule has 49 heavy (non-hydrogen) atoms. The topological polar surface area (TPSA) is 55.6 Å². The Kier molecular flexibility index (Phi) is 5.48. The van der Waals surface area contributed by atoms with Crippen LogP contribution in [0.5, 0.6) is 0 Å². The third kappa shape index (κ3) is 3.95. The van der Waals surface area contributed by atoms with E-state index >= 15 is 0 Å². The second-order valence-corrected chi connectivity index (χ2v) is 13.3. The lowest BCUT2D eigenvalue weighted by atomic mass is 10.1. The molecule has 0 unspecified atom stereocenters. The molecule has 0 aliphatic heterocycles. The molecule has 0 saturated heterocycles. The Morgan fingerprint density at radius 1 is 0.469 bits per heavy atom. The first-order chi connectivity index (χ1) is 24.3. The summed E-state index contributed by atoms with van der Waals surface area (Å²) in [6.45, 7) is 0. The lowest BCUT2D eigenvalue weighted by Gasteiger charge is -2.25. The molecule has 6 heteroatoms. The van der Waals surface area contributed by atoms with E-state index in [2.05, 4.69) is 114 Å². The van der Waals surface area contributed by atoms with Gasteiger partial charge in [0.25, 0.3) is 0 Å². The van der Waals surface area contributed by atoms with Crippen LogP contribution in [0.2, 0.25) is 0 Å². The number of fused-ring (bicyclic) bond motifs is 11. The summed E-state index contributed by atoms with van der Waals surface area (Å²) in [4.78, 5) is 7.30. The van der Waals surface area contributed by atoms with E-state index in [-0.39, 0.29) is 0 Å². The van der Waals surface area contributed by atoms with Gasteiger partial charge in [-0.25, -0.2) is 4.98 Å². The van der Waals surface area contributed by atoms with Crippen molar-refractivity contribution in [2.75, 3.05) is 4.90 Å². The van der Waals surface area contributed by atoms with Crippen molar-refractivity contribution in [1.29, 1.82) is 0 Å². The van der Waals surface area contributed by atoms with Crippen molar-refractivity contribution >= 4 is 104 Å². The van der Waals surface area contributed by atoms with Crippen molar-refractivity contribution in [2.45, 2.75) is 0 Å². The number of hydrogen-bond acceptors (Lipinski definition) is 6. The monoisotopic (exact) mass is 648 g/mol. The maximum Gasteiger partial charge on any atom is 0.159 e. The molecule has 0 aliphatic carbocycles. The molecule has 0 radical (unpaired) electrons. The molecule has 0 saturated carbocycles. The molecule has 5 nitrogen and oxygen atoms in total. The molecule has 0 bridgehead atoms. The van der Waals surface area contributed by atoms with Crippen LogP contribution in [0.1, 0.15) is 0 Å². The second-order valence-electron chi connectivity index (χ2n) is 12.3. The second kappa shape index (κ2) is 10.1. The normalized spacial score (nSPS) is 12.1. The molecule has 0 spiro atoms. The van der Waals surface area contributed by atoms with E-state index in [1.165, 1.54) is 0 Å². The Morgan fingerprint density at radius 3 is 1.76 bits per heavy atom. The highest BCUT2D eigenvalue weighted by Gasteiger charge is 2.23. The van der Waals surface area contributed by atoms with Gasteiger partial charge in [-0.3, -0.25) is 0 Å². The van der Waals surface area contributed by atoms with Crippen molar-refractivity contribution in [3.63, 3.8) is 0 Å². The zero-order valence-corrected chi connectivity index (χ0v) is 26.7. The molecule has 230 valence electrons. The quantitative estimate of drug-likeness (QED) is 0.190. The van der Waals surface area contributed by atoms with E-state index < -0.39 is 0 Å². The van der Waals surface area contributed by atoms with E-state index in [9.17, 15) is 0 Å². The Labute approximate surface area is 282 Å². The number of para-hydroxylation sites is 3. The Hall–Kier alpha value is -6.37. The summed E-state index contributed by atoms with van der Waals surface area (Å²) in [6.07, 6.45) is 0. The summed E-state index contributed by atoms with van der Waals surface area (Å²) in [5.41, 5.74) is 10.1. The number of anilines is 3. The largest absolute Gasteiger partial charge is 0.456 e. The molecule has 0 atom stereocenters. The van der Waals surface area contributed by atoms with E-state index in [0.717, 1.165) is 104 Å². The summed E-state index contributed by atoms with van der Waals surface area (Å²) < 4.78 is 20.4. The van der Waals surface area contributed by atoms with Crippen LogP contribution in [-0.2, 0) is 0 Å². The minimum atomic E-state index is 0.814. The highest BCUT2D eigenvalue weighted by molar-refractivity contribution is 7.22. The fourth-order valence-electron chi connectivity index (χ4n) is 7.27. The molecule has 0 N–H and O–H groups in total. The summed E-state index contributed by atoms with van der Waals surface area (Å²) in [5.74, 6) is 0. The van der Waals surface area contributed by atoms with E-state index in [0.29, 0.717) is 0 Å². The van der Waals surface area contributed by atoms with Crippen LogP contribution in [0.15, 0.2) is 159 Å². The van der Waals surface area contributed by atoms with Crippen LogP contribution in [0.3, 0.4) is 0 Å². The van der Waals surface area contributed by atoms with Crippen molar-refractivity contribution in [2.24, 2.45) is 0 Å². The number of furan rings is 3. The SMILES string of the molecule is c1ccc(-c2nc3ccc4oc5c(N(c6ccc7oc8ccccc8c7c6)c6ccc7oc8ccccc8c7c6)cccc5c4c3s2)cc1. The number of rotatable bonds is 4. The van der Waals surface area contributed by atoms with E-state index in [1.807, 2.05) is 36.4 Å². The number of aromatic nitrogens is 1. The van der Waals surface area contributed by atoms with Gasteiger partial charge < -0.3 is 18.2 Å². The van der Waals surface area contributed by atoms with Gasteiger partial charge in [-0.15, -0.1) is 11.3 Å². The molecule has 7 aromatic carbocycles. The molecule has 0 aliphatic rings. The molecule has 0 amide bonds. The van der Waals surface area contributed by atoms with Crippen molar-refractivity contribution in [3.05, 3.63) is 146 Å². The predicted octanol–water partition coefficient (Wildman–Crippen LogP) is 13.1. The van der Waals surface area contributed by atoms with Crippen molar-refractivity contribution in [3.8, 4) is 10.6 Å². The first kappa shape index (κ1) is 26.7. The third-order valence-corrected chi connectivity index (χ3v) is 10.6. The highest BCUT2D eigenvalue weighted by Crippen LogP contribution is 2.47. The van der Waals surface area contributed by atoms with Gasteiger partial charge in [0, 0.05) is 49.3 Å². The van der Waals surface area contributed by atoms with Gasteiger partial charge in [0.15, 0.2) is 5.58 Å². The van der Waals surface area contributed by atoms with Crippen LogP contribution in [0, 0.1) is 0 Å². The molecule has 11 rings (SSSR count). The Bertz CT molecular complexity index is 2960. The number of thiazole rings is 1. The zero-order valence-electron chi connectivity index (χ0n) is 25.9. The number of benzene rings is 7. The van der Waals surface area contributed by atoms with Gasteiger partial charge in [-0.05, 0) is 66.7 Å². The minimum absolute atomic E-state index is 0.814. The van der Waals surface area contributed by atoms with Gasteiger partial charge in [-0.2, -0.15) is 0 Å². The zero-order chi connectivity index (χ0) is 32.1. The smallest absolute Gasteiger partial charge is 0.159 e. The summed E-state index contributed by atoms with van der Waals surface area (Å²) in [7, 11) is 0. The fraction of sp³-hybridized carbons (Fsp3) is 0. The summed E-state index contributed by atoms with van der Waals surface area (Å²) >= 11 is 1.71. The maximum atomic E-state index is 6.82. The van der Waals surface area contributed by atoms with Crippen molar-refractivity contribution in [1.82, 2.24) is 4.98 Å². The van der Waals surface area contributed by atoms with Gasteiger partial charge in [0.1, 0.15) is 32.9 Å². The lowest BCUT2D eigenvalue weighted by molar-refractivity contribution is 0.668. The molecule has 4 aromatic heterocycles. The molecular weight excluding hydrogens is 625 g/mol. The predicted molar refractivity (Wildman–Crippen MR) is 202 cm³/mol. The van der Waals surface area contributed by atoms with Crippen molar-refractivity contribution < 1.29 is 13.3 Å². The van der Waals surface area contributed by atoms with Crippen LogP contribution >= 0.6 is 11.3 Å². The molecule has 0 fully saturated rings. The number of nitrogens with zero attached hydrogens (tertiary/aromatic N) is 2. The first-order valence-electron chi connectivity index (χ1n) is 16.2. The number of hydrogen-bond donors (Lipinski definition) is 0. The van der Waals surface area contributed by atoms with Crippen LogP contribution < -0.4 is 4.90 Å². The van der Waals surface area contributed by atoms with Gasteiger partial charge in [-0.1, -0.05) is 78.9 Å². The standard InChI is InChI=1S/C43H24N2O3S/c1-2-9-25(10-3-1)43-44-33-19-22-39-40(42(33)49-43)30-13-8-14-34(41(30)48-39)45(26-17-20-37-31(23-26)28-11-4-6-15-35(28)46-37)27-18-21-38-32(24-27)29-12-5-7-16-36(29)47-38/h1-24H. The highest BCUT2D eigenvalue weighted by atomic mass is 32.1.